The van der Waals surface area contributed by atoms with Crippen LogP contribution in [0.25, 0.3) is 21.3 Å². The van der Waals surface area contributed by atoms with Crippen molar-refractivity contribution in [2.45, 2.75) is 6.92 Å². The molecule has 0 aliphatic rings. The van der Waals surface area contributed by atoms with Crippen molar-refractivity contribution in [2.24, 2.45) is 0 Å². The van der Waals surface area contributed by atoms with E-state index in [1.54, 1.807) is 17.4 Å². The van der Waals surface area contributed by atoms with Gasteiger partial charge in [-0.3, -0.25) is 0 Å². The molecule has 0 radical (unpaired) electrons. The van der Waals surface area contributed by atoms with Gasteiger partial charge in [0.2, 0.25) is 0 Å². The number of halogens is 2. The number of anilines is 2. The van der Waals surface area contributed by atoms with Crippen LogP contribution >= 0.6 is 38.9 Å². The number of rotatable bonds is 5. The van der Waals surface area contributed by atoms with E-state index >= 15 is 0 Å². The Kier molecular flexibility index (Phi) is 5.64. The number of carbonyl (C=O) groups is 1. The van der Waals surface area contributed by atoms with E-state index in [1.165, 1.54) is 19.5 Å². The molecule has 4 aromatic rings. The zero-order valence-corrected chi connectivity index (χ0v) is 19.0. The van der Waals surface area contributed by atoms with E-state index in [-0.39, 0.29) is 16.3 Å². The predicted molar refractivity (Wildman–Crippen MR) is 124 cm³/mol. The molecule has 0 amide bonds. The Morgan fingerprint density at radius 1 is 1.23 bits per heavy atom. The molecule has 9 heteroatoms. The molecule has 152 valence electrons. The highest BCUT2D eigenvalue weighted by atomic mass is 79.9. The number of aryl methyl sites for hydroxylation is 1. The van der Waals surface area contributed by atoms with Crippen LogP contribution in [-0.4, -0.2) is 28.2 Å². The molecule has 0 atom stereocenters. The zero-order valence-electron chi connectivity index (χ0n) is 15.9. The van der Waals surface area contributed by atoms with Gasteiger partial charge in [0.15, 0.2) is 0 Å². The average molecular weight is 505 g/mol. The third-order valence-corrected chi connectivity index (χ3v) is 6.42. The molecule has 30 heavy (non-hydrogen) atoms. The summed E-state index contributed by atoms with van der Waals surface area (Å²) in [4.78, 5) is 22.2. The molecule has 2 heterocycles. The van der Waals surface area contributed by atoms with Crippen LogP contribution in [0.1, 0.15) is 15.2 Å². The molecule has 4 rings (SSSR count). The maximum atomic E-state index is 11.4. The maximum Gasteiger partial charge on any atom is 0.339 e. The van der Waals surface area contributed by atoms with E-state index in [0.29, 0.717) is 11.5 Å². The molecular formula is C21H15BrClN3O3S. The number of carboxylic acid groups (broad SMARTS) is 1. The Morgan fingerprint density at radius 3 is 2.63 bits per heavy atom. The summed E-state index contributed by atoms with van der Waals surface area (Å²) in [6.07, 6.45) is 1.49. The molecule has 0 spiro atoms. The molecule has 0 fully saturated rings. The van der Waals surface area contributed by atoms with E-state index < -0.39 is 5.97 Å². The molecular weight excluding hydrogens is 490 g/mol. The molecule has 0 unspecified atom stereocenters. The molecule has 2 aromatic heterocycles. The molecule has 6 nitrogen and oxygen atoms in total. The number of hydrogen-bond donors (Lipinski definition) is 2. The normalized spacial score (nSPS) is 10.9. The van der Waals surface area contributed by atoms with Crippen molar-refractivity contribution in [1.29, 1.82) is 0 Å². The number of carboxylic acids is 1. The standard InChI is InChI=1S/C21H15BrClN3O3S/c1-10-17(11-3-5-12(22)6-4-11)18-19(24-9-25-20(18)30-10)26-15-8-16(29-2)13(21(27)28)7-14(15)23/h3-9H,1-2H3,(H,27,28)(H,24,25,26). The fraction of sp³-hybridized carbons (Fsp3) is 0.0952. The minimum Gasteiger partial charge on any atom is -0.496 e. The second-order valence-electron chi connectivity index (χ2n) is 6.41. The van der Waals surface area contributed by atoms with Crippen molar-refractivity contribution in [2.75, 3.05) is 12.4 Å². The summed E-state index contributed by atoms with van der Waals surface area (Å²) in [5.74, 6) is -0.334. The minimum absolute atomic E-state index is 0.0113. The highest BCUT2D eigenvalue weighted by Crippen LogP contribution is 2.42. The number of ether oxygens (including phenoxy) is 1. The summed E-state index contributed by atoms with van der Waals surface area (Å²) >= 11 is 11.4. The fourth-order valence-corrected chi connectivity index (χ4v) is 4.70. The second-order valence-corrected chi connectivity index (χ2v) is 8.93. The topological polar surface area (TPSA) is 84.3 Å². The van der Waals surface area contributed by atoms with Crippen LogP contribution < -0.4 is 10.1 Å². The van der Waals surface area contributed by atoms with Gasteiger partial charge in [0.25, 0.3) is 0 Å². The first kappa shape index (κ1) is 20.6. The number of benzene rings is 2. The molecule has 0 aliphatic carbocycles. The Bertz CT molecular complexity index is 1270. The van der Waals surface area contributed by atoms with Crippen LogP contribution in [0.2, 0.25) is 5.02 Å². The third kappa shape index (κ3) is 3.74. The molecule has 0 bridgehead atoms. The van der Waals surface area contributed by atoms with E-state index in [1.807, 2.05) is 31.2 Å². The first-order valence-electron chi connectivity index (χ1n) is 8.77. The first-order valence-corrected chi connectivity index (χ1v) is 10.8. The fourth-order valence-electron chi connectivity index (χ4n) is 3.22. The highest BCUT2D eigenvalue weighted by molar-refractivity contribution is 9.10. The molecule has 0 aliphatic heterocycles. The van der Waals surface area contributed by atoms with Crippen LogP contribution in [0, 0.1) is 6.92 Å². The van der Waals surface area contributed by atoms with Crippen LogP contribution in [0.4, 0.5) is 11.5 Å². The number of nitrogens with zero attached hydrogens (tertiary/aromatic N) is 2. The Balaban J connectivity index is 1.87. The summed E-state index contributed by atoms with van der Waals surface area (Å²) in [7, 11) is 1.41. The smallest absolute Gasteiger partial charge is 0.339 e. The minimum atomic E-state index is -1.12. The van der Waals surface area contributed by atoms with Crippen molar-refractivity contribution in [3.8, 4) is 16.9 Å². The van der Waals surface area contributed by atoms with Gasteiger partial charge in [-0.05, 0) is 30.7 Å². The Labute approximate surface area is 189 Å². The number of aromatic nitrogens is 2. The SMILES string of the molecule is COc1cc(Nc2ncnc3sc(C)c(-c4ccc(Br)cc4)c23)c(Cl)cc1C(=O)O. The number of methoxy groups -OCH3 is 1. The van der Waals surface area contributed by atoms with E-state index in [2.05, 4.69) is 31.2 Å². The van der Waals surface area contributed by atoms with Crippen molar-refractivity contribution < 1.29 is 14.6 Å². The van der Waals surface area contributed by atoms with Gasteiger partial charge in [0, 0.05) is 21.0 Å². The monoisotopic (exact) mass is 503 g/mol. The summed E-state index contributed by atoms with van der Waals surface area (Å²) < 4.78 is 6.22. The number of fused-ring (bicyclic) bond motifs is 1. The lowest BCUT2D eigenvalue weighted by Gasteiger charge is -2.13. The van der Waals surface area contributed by atoms with E-state index in [0.717, 1.165) is 30.7 Å². The summed E-state index contributed by atoms with van der Waals surface area (Å²) in [6.45, 7) is 2.05. The van der Waals surface area contributed by atoms with Crippen LogP contribution in [0.15, 0.2) is 47.2 Å². The van der Waals surface area contributed by atoms with Gasteiger partial charge in [0.05, 0.1) is 23.2 Å². The van der Waals surface area contributed by atoms with E-state index in [4.69, 9.17) is 16.3 Å². The van der Waals surface area contributed by atoms with Crippen LogP contribution in [-0.2, 0) is 0 Å². The second kappa shape index (κ2) is 8.22. The van der Waals surface area contributed by atoms with Gasteiger partial charge >= 0.3 is 5.97 Å². The lowest BCUT2D eigenvalue weighted by molar-refractivity contribution is 0.0693. The van der Waals surface area contributed by atoms with Crippen LogP contribution in [0.3, 0.4) is 0 Å². The molecule has 2 aromatic carbocycles. The zero-order chi connectivity index (χ0) is 21.4. The van der Waals surface area contributed by atoms with E-state index in [9.17, 15) is 9.90 Å². The van der Waals surface area contributed by atoms with Gasteiger partial charge in [-0.25, -0.2) is 14.8 Å². The van der Waals surface area contributed by atoms with Gasteiger partial charge in [-0.15, -0.1) is 11.3 Å². The summed E-state index contributed by atoms with van der Waals surface area (Å²) in [5.41, 5.74) is 2.56. The molecule has 0 saturated heterocycles. The average Bonchev–Trinajstić information content (AvgIpc) is 3.06. The predicted octanol–water partition coefficient (Wildman–Crippen LogP) is 6.53. The van der Waals surface area contributed by atoms with Crippen molar-refractivity contribution in [3.05, 3.63) is 62.7 Å². The van der Waals surface area contributed by atoms with Gasteiger partial charge < -0.3 is 15.2 Å². The maximum absolute atomic E-state index is 11.4. The number of nitrogens with one attached hydrogen (secondary N) is 1. The van der Waals surface area contributed by atoms with Gasteiger partial charge in [-0.1, -0.05) is 39.7 Å². The quantitative estimate of drug-likeness (QED) is 0.321. The van der Waals surface area contributed by atoms with Crippen LogP contribution in [0.5, 0.6) is 5.75 Å². The first-order chi connectivity index (χ1) is 14.4. The Hall–Kier alpha value is -2.68. The number of aromatic carboxylic acids is 1. The van der Waals surface area contributed by atoms with Crippen molar-refractivity contribution in [1.82, 2.24) is 9.97 Å². The van der Waals surface area contributed by atoms with Gasteiger partial charge in [-0.2, -0.15) is 0 Å². The highest BCUT2D eigenvalue weighted by Gasteiger charge is 2.19. The number of hydrogen-bond acceptors (Lipinski definition) is 6. The summed E-state index contributed by atoms with van der Waals surface area (Å²) in [5, 5.41) is 13.7. The lowest BCUT2D eigenvalue weighted by Crippen LogP contribution is -2.03. The van der Waals surface area contributed by atoms with Crippen molar-refractivity contribution >= 4 is 66.6 Å². The number of thiophene rings is 1. The lowest BCUT2D eigenvalue weighted by atomic mass is 10.0. The molecule has 0 saturated carbocycles. The Morgan fingerprint density at radius 2 is 1.97 bits per heavy atom. The third-order valence-electron chi connectivity index (χ3n) is 4.57. The van der Waals surface area contributed by atoms with Gasteiger partial charge in [0.1, 0.15) is 28.3 Å². The molecule has 2 N–H and O–H groups in total. The largest absolute Gasteiger partial charge is 0.496 e. The van der Waals surface area contributed by atoms with Crippen molar-refractivity contribution in [3.63, 3.8) is 0 Å². The summed E-state index contributed by atoms with van der Waals surface area (Å²) in [6, 6.07) is 11.0.